The molecule has 1 amide bonds. The lowest BCUT2D eigenvalue weighted by molar-refractivity contribution is 0.0572. The summed E-state index contributed by atoms with van der Waals surface area (Å²) in [6.07, 6.45) is -0.0916. The third-order valence-corrected chi connectivity index (χ3v) is 3.41. The molecule has 1 aliphatic rings. The normalized spacial score (nSPS) is 22.9. The minimum absolute atomic E-state index is 0.156. The first-order valence-electron chi connectivity index (χ1n) is 6.16. The van der Waals surface area contributed by atoms with E-state index in [2.05, 4.69) is 4.98 Å². The van der Waals surface area contributed by atoms with Crippen LogP contribution in [-0.4, -0.2) is 51.3 Å². The van der Waals surface area contributed by atoms with Crippen LogP contribution < -0.4 is 0 Å². The van der Waals surface area contributed by atoms with E-state index in [-0.39, 0.29) is 19.0 Å². The highest BCUT2D eigenvalue weighted by Crippen LogP contribution is 2.20. The van der Waals surface area contributed by atoms with Gasteiger partial charge in [0.1, 0.15) is 0 Å². The van der Waals surface area contributed by atoms with E-state index in [0.717, 1.165) is 5.39 Å². The molecule has 2 N–H and O–H groups in total. The van der Waals surface area contributed by atoms with Crippen LogP contribution in [-0.2, 0) is 0 Å². The quantitative estimate of drug-likeness (QED) is 0.777. The fourth-order valence-electron chi connectivity index (χ4n) is 2.38. The Balaban J connectivity index is 1.98. The van der Waals surface area contributed by atoms with Crippen LogP contribution in [0.25, 0.3) is 10.9 Å². The second-order valence-electron chi connectivity index (χ2n) is 4.73. The topological polar surface area (TPSA) is 73.7 Å². The fourth-order valence-corrected chi connectivity index (χ4v) is 2.38. The summed E-state index contributed by atoms with van der Waals surface area (Å²) in [5.41, 5.74) is 1.14. The molecule has 0 saturated carbocycles. The summed E-state index contributed by atoms with van der Waals surface area (Å²) in [6, 6.07) is 9.13. The Hall–Kier alpha value is -1.98. The Kier molecular flexibility index (Phi) is 2.93. The Morgan fingerprint density at radius 1 is 1.16 bits per heavy atom. The molecular formula is C14H14N2O3. The van der Waals surface area contributed by atoms with Gasteiger partial charge >= 0.3 is 0 Å². The maximum absolute atomic E-state index is 12.4. The lowest BCUT2D eigenvalue weighted by Gasteiger charge is -2.16. The number of nitrogens with zero attached hydrogens (tertiary/aromatic N) is 2. The third-order valence-electron chi connectivity index (χ3n) is 3.41. The van der Waals surface area contributed by atoms with E-state index in [1.54, 1.807) is 18.3 Å². The molecule has 2 aromatic rings. The summed E-state index contributed by atoms with van der Waals surface area (Å²) in [5, 5.41) is 19.9. The van der Waals surface area contributed by atoms with Crippen molar-refractivity contribution in [2.45, 2.75) is 12.2 Å². The van der Waals surface area contributed by atoms with Crippen LogP contribution in [0.2, 0.25) is 0 Å². The van der Waals surface area contributed by atoms with E-state index in [0.29, 0.717) is 11.1 Å². The number of fused-ring (bicyclic) bond motifs is 1. The average Bonchev–Trinajstić information content (AvgIpc) is 2.77. The number of aliphatic hydroxyl groups is 2. The predicted octanol–water partition coefficient (Wildman–Crippen LogP) is 0.412. The van der Waals surface area contributed by atoms with E-state index in [1.165, 1.54) is 4.90 Å². The number of para-hydroxylation sites is 1. The summed E-state index contributed by atoms with van der Waals surface area (Å²) in [6.45, 7) is 0.312. The molecule has 0 aliphatic carbocycles. The largest absolute Gasteiger partial charge is 0.388 e. The van der Waals surface area contributed by atoms with Gasteiger partial charge in [0, 0.05) is 24.7 Å². The van der Waals surface area contributed by atoms with E-state index in [9.17, 15) is 15.0 Å². The highest BCUT2D eigenvalue weighted by Gasteiger charge is 2.33. The molecule has 1 aromatic heterocycles. The summed E-state index contributed by atoms with van der Waals surface area (Å²) in [7, 11) is 0. The molecule has 0 bridgehead atoms. The Labute approximate surface area is 110 Å². The Morgan fingerprint density at radius 2 is 1.84 bits per heavy atom. The van der Waals surface area contributed by atoms with Gasteiger partial charge in [0.15, 0.2) is 0 Å². The number of likely N-dealkylation sites (tertiary alicyclic amines) is 1. The molecule has 1 aliphatic heterocycles. The first kappa shape index (κ1) is 12.1. The van der Waals surface area contributed by atoms with Gasteiger partial charge in [-0.3, -0.25) is 9.78 Å². The minimum atomic E-state index is -0.869. The number of hydrogen-bond donors (Lipinski definition) is 2. The summed E-state index contributed by atoms with van der Waals surface area (Å²) in [5.74, 6) is -0.208. The van der Waals surface area contributed by atoms with Crippen LogP contribution in [0.1, 0.15) is 10.4 Å². The molecule has 1 aromatic carbocycles. The first-order chi connectivity index (χ1) is 9.16. The monoisotopic (exact) mass is 258 g/mol. The molecule has 2 heterocycles. The van der Waals surface area contributed by atoms with Crippen LogP contribution in [0.15, 0.2) is 36.5 Å². The molecule has 19 heavy (non-hydrogen) atoms. The summed E-state index contributed by atoms with van der Waals surface area (Å²) >= 11 is 0. The van der Waals surface area contributed by atoms with Crippen molar-refractivity contribution in [3.05, 3.63) is 42.1 Å². The van der Waals surface area contributed by atoms with Gasteiger partial charge in [0.25, 0.3) is 5.91 Å². The number of aliphatic hydroxyl groups excluding tert-OH is 2. The molecule has 1 fully saturated rings. The number of carbonyl (C=O) groups excluding carboxylic acids is 1. The van der Waals surface area contributed by atoms with Gasteiger partial charge in [-0.25, -0.2) is 0 Å². The predicted molar refractivity (Wildman–Crippen MR) is 69.7 cm³/mol. The van der Waals surface area contributed by atoms with Crippen molar-refractivity contribution >= 4 is 16.8 Å². The SMILES string of the molecule is O=C(c1cccc2cccnc12)N1C[C@@H](O)[C@@H](O)C1. The molecule has 5 nitrogen and oxygen atoms in total. The molecule has 1 saturated heterocycles. The van der Waals surface area contributed by atoms with E-state index in [4.69, 9.17) is 0 Å². The second-order valence-corrected chi connectivity index (χ2v) is 4.73. The van der Waals surface area contributed by atoms with Crippen molar-refractivity contribution in [1.29, 1.82) is 0 Å². The first-order valence-corrected chi connectivity index (χ1v) is 6.16. The van der Waals surface area contributed by atoms with Crippen LogP contribution in [0, 0.1) is 0 Å². The zero-order valence-electron chi connectivity index (χ0n) is 10.2. The van der Waals surface area contributed by atoms with E-state index >= 15 is 0 Å². The number of aromatic nitrogens is 1. The average molecular weight is 258 g/mol. The van der Waals surface area contributed by atoms with Crippen molar-refractivity contribution in [2.75, 3.05) is 13.1 Å². The maximum atomic E-state index is 12.4. The van der Waals surface area contributed by atoms with Gasteiger partial charge in [-0.15, -0.1) is 0 Å². The third kappa shape index (κ3) is 2.07. The number of rotatable bonds is 1. The number of pyridine rings is 1. The van der Waals surface area contributed by atoms with E-state index in [1.807, 2.05) is 18.2 Å². The van der Waals surface area contributed by atoms with Crippen LogP contribution in [0.3, 0.4) is 0 Å². The van der Waals surface area contributed by atoms with Gasteiger partial charge in [-0.05, 0) is 12.1 Å². The summed E-state index contributed by atoms with van der Waals surface area (Å²) in [4.78, 5) is 18.1. The van der Waals surface area contributed by atoms with Gasteiger partial charge in [-0.2, -0.15) is 0 Å². The standard InChI is InChI=1S/C14H14N2O3/c17-11-7-16(8-12(11)18)14(19)10-5-1-3-9-4-2-6-15-13(9)10/h1-6,11-12,17-18H,7-8H2/t11-,12+. The van der Waals surface area contributed by atoms with Crippen molar-refractivity contribution < 1.29 is 15.0 Å². The van der Waals surface area contributed by atoms with Gasteiger partial charge in [0.05, 0.1) is 23.3 Å². The molecule has 3 rings (SSSR count). The number of amides is 1. The molecule has 5 heteroatoms. The van der Waals surface area contributed by atoms with Crippen molar-refractivity contribution in [3.63, 3.8) is 0 Å². The van der Waals surface area contributed by atoms with Crippen molar-refractivity contribution in [3.8, 4) is 0 Å². The highest BCUT2D eigenvalue weighted by atomic mass is 16.3. The number of β-amino-alcohol motifs (C(OH)–C–C–N with tert-alkyl or cyclic N) is 2. The summed E-state index contributed by atoms with van der Waals surface area (Å²) < 4.78 is 0. The number of carbonyl (C=O) groups is 1. The zero-order valence-corrected chi connectivity index (χ0v) is 10.2. The lowest BCUT2D eigenvalue weighted by Crippen LogP contribution is -2.30. The maximum Gasteiger partial charge on any atom is 0.256 e. The molecular weight excluding hydrogens is 244 g/mol. The minimum Gasteiger partial charge on any atom is -0.388 e. The molecule has 0 unspecified atom stereocenters. The van der Waals surface area contributed by atoms with Crippen LogP contribution >= 0.6 is 0 Å². The van der Waals surface area contributed by atoms with Crippen molar-refractivity contribution in [2.24, 2.45) is 0 Å². The lowest BCUT2D eigenvalue weighted by atomic mass is 10.1. The van der Waals surface area contributed by atoms with Gasteiger partial charge < -0.3 is 15.1 Å². The molecule has 0 radical (unpaired) electrons. The fraction of sp³-hybridized carbons (Fsp3) is 0.286. The molecule has 98 valence electrons. The van der Waals surface area contributed by atoms with Crippen LogP contribution in [0.5, 0.6) is 0 Å². The highest BCUT2D eigenvalue weighted by molar-refractivity contribution is 6.05. The van der Waals surface area contributed by atoms with Gasteiger partial charge in [0.2, 0.25) is 0 Å². The van der Waals surface area contributed by atoms with Crippen LogP contribution in [0.4, 0.5) is 0 Å². The number of hydrogen-bond acceptors (Lipinski definition) is 4. The Morgan fingerprint density at radius 3 is 2.58 bits per heavy atom. The molecule has 0 spiro atoms. The Bertz CT molecular complexity index is 614. The van der Waals surface area contributed by atoms with Gasteiger partial charge in [-0.1, -0.05) is 18.2 Å². The zero-order chi connectivity index (χ0) is 13.4. The molecule has 2 atom stereocenters. The second kappa shape index (κ2) is 4.60. The number of benzene rings is 1. The van der Waals surface area contributed by atoms with E-state index < -0.39 is 12.2 Å². The van der Waals surface area contributed by atoms with Crippen molar-refractivity contribution in [1.82, 2.24) is 9.88 Å². The smallest absolute Gasteiger partial charge is 0.256 e.